The van der Waals surface area contributed by atoms with Gasteiger partial charge >= 0.3 is 0 Å². The average Bonchev–Trinajstić information content (AvgIpc) is 2.32. The van der Waals surface area contributed by atoms with E-state index in [1.165, 1.54) is 0 Å². The summed E-state index contributed by atoms with van der Waals surface area (Å²) in [6.45, 7) is 7.47. The van der Waals surface area contributed by atoms with Crippen LogP contribution in [-0.4, -0.2) is 38.8 Å². The summed E-state index contributed by atoms with van der Waals surface area (Å²) < 4.78 is 11.3. The third-order valence-electron chi connectivity index (χ3n) is 2.53. The highest BCUT2D eigenvalue weighted by Gasteiger charge is 2.07. The predicted molar refractivity (Wildman–Crippen MR) is 77.6 cm³/mol. The van der Waals surface area contributed by atoms with Gasteiger partial charge in [-0.05, 0) is 20.3 Å². The summed E-state index contributed by atoms with van der Waals surface area (Å²) >= 11 is 0. The highest BCUT2D eigenvalue weighted by Crippen LogP contribution is 2.11. The maximum absolute atomic E-state index is 11.3. The van der Waals surface area contributed by atoms with Crippen molar-refractivity contribution in [2.75, 3.05) is 30.0 Å². The molecule has 0 aliphatic carbocycles. The molecule has 18 heavy (non-hydrogen) atoms. The second-order valence-corrected chi connectivity index (χ2v) is 6.10. The molecule has 0 radical (unpaired) electrons. The number of nitrogens with zero attached hydrogens (tertiary/aromatic N) is 2. The molecule has 0 spiro atoms. The molecular weight excluding hydrogens is 248 g/mol. The van der Waals surface area contributed by atoms with Gasteiger partial charge in [-0.25, -0.2) is 9.97 Å². The van der Waals surface area contributed by atoms with Crippen molar-refractivity contribution < 1.29 is 4.21 Å². The highest BCUT2D eigenvalue weighted by atomic mass is 32.2. The zero-order valence-electron chi connectivity index (χ0n) is 11.5. The molecule has 102 valence electrons. The molecule has 5 nitrogen and oxygen atoms in total. The van der Waals surface area contributed by atoms with Crippen LogP contribution < -0.4 is 10.6 Å². The molecule has 6 heteroatoms. The molecule has 0 fully saturated rings. The molecule has 0 bridgehead atoms. The fourth-order valence-electron chi connectivity index (χ4n) is 1.37. The molecule has 0 saturated carbocycles. The minimum Gasteiger partial charge on any atom is -0.370 e. The number of anilines is 2. The second-order valence-electron chi connectivity index (χ2n) is 4.30. The van der Waals surface area contributed by atoms with Crippen LogP contribution in [-0.2, 0) is 10.8 Å². The number of hydrogen-bond donors (Lipinski definition) is 2. The Kier molecular flexibility index (Phi) is 6.04. The van der Waals surface area contributed by atoms with Gasteiger partial charge in [-0.1, -0.05) is 6.92 Å². The first kappa shape index (κ1) is 14.9. The van der Waals surface area contributed by atoms with E-state index >= 15 is 0 Å². The standard InChI is InChI=1S/C12H22N4OS/c1-5-6-13-11-7-12(16-10(3)15-11)14-8-9(2)18(4)17/h7,9H,5-6,8H2,1-4H3,(H2,13,14,15,16). The SMILES string of the molecule is CCCNc1cc(NCC(C)S(C)=O)nc(C)n1. The van der Waals surface area contributed by atoms with Crippen molar-refractivity contribution >= 4 is 22.4 Å². The van der Waals surface area contributed by atoms with Gasteiger partial charge in [-0.2, -0.15) is 0 Å². The predicted octanol–water partition coefficient (Wildman–Crippen LogP) is 1.79. The van der Waals surface area contributed by atoms with E-state index in [2.05, 4.69) is 27.5 Å². The van der Waals surface area contributed by atoms with Gasteiger partial charge in [0.15, 0.2) is 0 Å². The Morgan fingerprint density at radius 2 is 1.94 bits per heavy atom. The Hall–Kier alpha value is -1.17. The summed E-state index contributed by atoms with van der Waals surface area (Å²) in [7, 11) is -0.821. The third-order valence-corrected chi connectivity index (χ3v) is 3.83. The van der Waals surface area contributed by atoms with Gasteiger partial charge in [-0.15, -0.1) is 0 Å². The fourth-order valence-corrected chi connectivity index (χ4v) is 1.69. The van der Waals surface area contributed by atoms with E-state index in [4.69, 9.17) is 0 Å². The largest absolute Gasteiger partial charge is 0.370 e. The number of nitrogens with one attached hydrogen (secondary N) is 2. The highest BCUT2D eigenvalue weighted by molar-refractivity contribution is 7.84. The molecule has 0 aromatic carbocycles. The molecule has 1 rings (SSSR count). The zero-order chi connectivity index (χ0) is 13.5. The van der Waals surface area contributed by atoms with Crippen LogP contribution in [0.25, 0.3) is 0 Å². The maximum Gasteiger partial charge on any atom is 0.131 e. The third kappa shape index (κ3) is 5.00. The summed E-state index contributed by atoms with van der Waals surface area (Å²) in [5, 5.41) is 6.54. The number of aromatic nitrogens is 2. The van der Waals surface area contributed by atoms with E-state index in [0.29, 0.717) is 6.54 Å². The Morgan fingerprint density at radius 1 is 1.33 bits per heavy atom. The van der Waals surface area contributed by atoms with Crippen LogP contribution in [0, 0.1) is 6.92 Å². The topological polar surface area (TPSA) is 66.9 Å². The lowest BCUT2D eigenvalue weighted by Gasteiger charge is -2.12. The van der Waals surface area contributed by atoms with Crippen LogP contribution in [0.5, 0.6) is 0 Å². The number of hydrogen-bond acceptors (Lipinski definition) is 5. The smallest absolute Gasteiger partial charge is 0.131 e. The molecule has 1 aromatic rings. The van der Waals surface area contributed by atoms with Crippen LogP contribution in [0.4, 0.5) is 11.6 Å². The van der Waals surface area contributed by atoms with Gasteiger partial charge in [0.2, 0.25) is 0 Å². The van der Waals surface area contributed by atoms with Crippen molar-refractivity contribution in [2.24, 2.45) is 0 Å². The van der Waals surface area contributed by atoms with Gasteiger partial charge in [-0.3, -0.25) is 4.21 Å². The van der Waals surface area contributed by atoms with Crippen LogP contribution in [0.3, 0.4) is 0 Å². The molecule has 1 heterocycles. The van der Waals surface area contributed by atoms with Crippen LogP contribution in [0.1, 0.15) is 26.1 Å². The van der Waals surface area contributed by atoms with Crippen molar-refractivity contribution in [3.63, 3.8) is 0 Å². The lowest BCUT2D eigenvalue weighted by atomic mass is 10.4. The van der Waals surface area contributed by atoms with E-state index in [1.54, 1.807) is 6.26 Å². The van der Waals surface area contributed by atoms with Crippen LogP contribution >= 0.6 is 0 Å². The lowest BCUT2D eigenvalue weighted by Crippen LogP contribution is -2.21. The first-order valence-electron chi connectivity index (χ1n) is 6.18. The van der Waals surface area contributed by atoms with E-state index in [0.717, 1.165) is 30.4 Å². The van der Waals surface area contributed by atoms with Gasteiger partial charge in [0, 0.05) is 41.5 Å². The van der Waals surface area contributed by atoms with E-state index in [1.807, 2.05) is 19.9 Å². The van der Waals surface area contributed by atoms with Gasteiger partial charge < -0.3 is 10.6 Å². The quantitative estimate of drug-likeness (QED) is 0.790. The van der Waals surface area contributed by atoms with Crippen molar-refractivity contribution in [1.82, 2.24) is 9.97 Å². The molecule has 1 aromatic heterocycles. The van der Waals surface area contributed by atoms with Gasteiger partial charge in [0.25, 0.3) is 0 Å². The second kappa shape index (κ2) is 7.31. The first-order chi connectivity index (χ1) is 8.52. The minimum atomic E-state index is -0.821. The molecule has 2 N–H and O–H groups in total. The number of aryl methyl sites for hydroxylation is 1. The van der Waals surface area contributed by atoms with Crippen molar-refractivity contribution in [2.45, 2.75) is 32.4 Å². The first-order valence-corrected chi connectivity index (χ1v) is 7.80. The Bertz CT molecular complexity index is 411. The average molecular weight is 270 g/mol. The number of rotatable bonds is 7. The summed E-state index contributed by atoms with van der Waals surface area (Å²) in [4.78, 5) is 8.62. The summed E-state index contributed by atoms with van der Waals surface area (Å²) in [6.07, 6.45) is 2.77. The monoisotopic (exact) mass is 270 g/mol. The van der Waals surface area contributed by atoms with Gasteiger partial charge in [0.1, 0.15) is 17.5 Å². The minimum absolute atomic E-state index is 0.104. The summed E-state index contributed by atoms with van der Waals surface area (Å²) in [5.41, 5.74) is 0. The Morgan fingerprint density at radius 3 is 2.50 bits per heavy atom. The fraction of sp³-hybridized carbons (Fsp3) is 0.667. The molecule has 0 amide bonds. The zero-order valence-corrected chi connectivity index (χ0v) is 12.3. The molecular formula is C12H22N4OS. The molecule has 0 aliphatic heterocycles. The van der Waals surface area contributed by atoms with E-state index < -0.39 is 10.8 Å². The van der Waals surface area contributed by atoms with Crippen LogP contribution in [0.15, 0.2) is 6.07 Å². The van der Waals surface area contributed by atoms with Gasteiger partial charge in [0.05, 0.1) is 0 Å². The van der Waals surface area contributed by atoms with E-state index in [9.17, 15) is 4.21 Å². The lowest BCUT2D eigenvalue weighted by molar-refractivity contribution is 0.678. The summed E-state index contributed by atoms with van der Waals surface area (Å²) in [6, 6.07) is 1.88. The van der Waals surface area contributed by atoms with Crippen LogP contribution in [0.2, 0.25) is 0 Å². The molecule has 2 atom stereocenters. The van der Waals surface area contributed by atoms with Crippen molar-refractivity contribution in [1.29, 1.82) is 0 Å². The maximum atomic E-state index is 11.3. The molecule has 0 saturated heterocycles. The van der Waals surface area contributed by atoms with Crippen molar-refractivity contribution in [3.8, 4) is 0 Å². The normalized spacial score (nSPS) is 14.0. The Balaban J connectivity index is 2.64. The molecule has 0 aliphatic rings. The molecule has 2 unspecified atom stereocenters. The van der Waals surface area contributed by atoms with Crippen molar-refractivity contribution in [3.05, 3.63) is 11.9 Å². The Labute approximate surface area is 111 Å². The summed E-state index contributed by atoms with van der Waals surface area (Å²) in [5.74, 6) is 2.33. The van der Waals surface area contributed by atoms with E-state index in [-0.39, 0.29) is 5.25 Å².